The predicted octanol–water partition coefficient (Wildman–Crippen LogP) is 2.45. The van der Waals surface area contributed by atoms with E-state index in [0.29, 0.717) is 11.3 Å². The Kier molecular flexibility index (Phi) is 5.35. The van der Waals surface area contributed by atoms with Crippen molar-refractivity contribution in [1.29, 1.82) is 0 Å². The lowest BCUT2D eigenvalue weighted by atomic mass is 10.1. The SMILES string of the molecule is CSCCC(C)NC(=O)c1cc(C)cc(N)c1. The van der Waals surface area contributed by atoms with E-state index in [1.165, 1.54) is 0 Å². The number of hydrogen-bond donors (Lipinski definition) is 2. The molecular formula is C13H20N2OS. The average Bonchev–Trinajstić information content (AvgIpc) is 2.25. The number of carbonyl (C=O) groups excluding carboxylic acids is 1. The number of nitrogen functional groups attached to an aromatic ring is 1. The Morgan fingerprint density at radius 2 is 2.18 bits per heavy atom. The quantitative estimate of drug-likeness (QED) is 0.791. The van der Waals surface area contributed by atoms with Crippen LogP contribution in [-0.2, 0) is 0 Å². The molecule has 0 saturated carbocycles. The molecule has 0 saturated heterocycles. The van der Waals surface area contributed by atoms with Gasteiger partial charge < -0.3 is 11.1 Å². The summed E-state index contributed by atoms with van der Waals surface area (Å²) in [6.45, 7) is 3.96. The minimum absolute atomic E-state index is 0.0472. The highest BCUT2D eigenvalue weighted by molar-refractivity contribution is 7.98. The van der Waals surface area contributed by atoms with Gasteiger partial charge in [0.05, 0.1) is 0 Å². The highest BCUT2D eigenvalue weighted by Crippen LogP contribution is 2.11. The second-order valence-corrected chi connectivity index (χ2v) is 5.27. The third kappa shape index (κ3) is 4.69. The van der Waals surface area contributed by atoms with E-state index in [4.69, 9.17) is 5.73 Å². The van der Waals surface area contributed by atoms with Gasteiger partial charge in [-0.05, 0) is 56.0 Å². The number of anilines is 1. The minimum atomic E-state index is -0.0472. The van der Waals surface area contributed by atoms with Gasteiger partial charge in [-0.2, -0.15) is 11.8 Å². The summed E-state index contributed by atoms with van der Waals surface area (Å²) in [5.41, 5.74) is 8.00. The smallest absolute Gasteiger partial charge is 0.251 e. The van der Waals surface area contributed by atoms with Gasteiger partial charge in [0.1, 0.15) is 0 Å². The van der Waals surface area contributed by atoms with Crippen LogP contribution >= 0.6 is 11.8 Å². The molecule has 0 aliphatic carbocycles. The van der Waals surface area contributed by atoms with E-state index in [1.54, 1.807) is 17.8 Å². The highest BCUT2D eigenvalue weighted by Gasteiger charge is 2.10. The van der Waals surface area contributed by atoms with E-state index in [0.717, 1.165) is 17.7 Å². The Labute approximate surface area is 107 Å². The topological polar surface area (TPSA) is 55.1 Å². The molecule has 3 N–H and O–H groups in total. The number of benzene rings is 1. The molecular weight excluding hydrogens is 232 g/mol. The Bertz CT molecular complexity index is 373. The van der Waals surface area contributed by atoms with Gasteiger partial charge in [0, 0.05) is 17.3 Å². The summed E-state index contributed by atoms with van der Waals surface area (Å²) in [6.07, 6.45) is 3.05. The molecule has 0 aliphatic rings. The molecule has 0 spiro atoms. The van der Waals surface area contributed by atoms with Crippen LogP contribution in [-0.4, -0.2) is 24.0 Å². The zero-order valence-corrected chi connectivity index (χ0v) is 11.4. The van der Waals surface area contributed by atoms with Gasteiger partial charge >= 0.3 is 0 Å². The molecule has 0 bridgehead atoms. The van der Waals surface area contributed by atoms with E-state index < -0.39 is 0 Å². The van der Waals surface area contributed by atoms with Crippen molar-refractivity contribution >= 4 is 23.4 Å². The number of aryl methyl sites for hydroxylation is 1. The van der Waals surface area contributed by atoms with E-state index in [2.05, 4.69) is 11.6 Å². The van der Waals surface area contributed by atoms with Gasteiger partial charge in [-0.1, -0.05) is 0 Å². The van der Waals surface area contributed by atoms with Gasteiger partial charge in [0.2, 0.25) is 0 Å². The monoisotopic (exact) mass is 252 g/mol. The maximum atomic E-state index is 11.9. The summed E-state index contributed by atoms with van der Waals surface area (Å²) >= 11 is 1.79. The summed E-state index contributed by atoms with van der Waals surface area (Å²) in [5.74, 6) is 1.01. The third-order valence-electron chi connectivity index (χ3n) is 2.49. The van der Waals surface area contributed by atoms with Crippen molar-refractivity contribution in [3.05, 3.63) is 29.3 Å². The van der Waals surface area contributed by atoms with Crippen molar-refractivity contribution in [2.45, 2.75) is 26.3 Å². The number of hydrogen-bond acceptors (Lipinski definition) is 3. The summed E-state index contributed by atoms with van der Waals surface area (Å²) in [5, 5.41) is 2.98. The molecule has 0 heterocycles. The Morgan fingerprint density at radius 3 is 2.76 bits per heavy atom. The number of carbonyl (C=O) groups is 1. The van der Waals surface area contributed by atoms with Crippen molar-refractivity contribution in [2.75, 3.05) is 17.7 Å². The number of amides is 1. The fourth-order valence-electron chi connectivity index (χ4n) is 1.62. The summed E-state index contributed by atoms with van der Waals surface area (Å²) in [6, 6.07) is 5.61. The molecule has 0 radical (unpaired) electrons. The van der Waals surface area contributed by atoms with Gasteiger partial charge in [-0.3, -0.25) is 4.79 Å². The van der Waals surface area contributed by atoms with Crippen molar-refractivity contribution in [3.8, 4) is 0 Å². The molecule has 94 valence electrons. The van der Waals surface area contributed by atoms with Crippen LogP contribution in [0.4, 0.5) is 5.69 Å². The molecule has 3 nitrogen and oxygen atoms in total. The fraction of sp³-hybridized carbons (Fsp3) is 0.462. The van der Waals surface area contributed by atoms with Gasteiger partial charge in [0.15, 0.2) is 0 Å². The second-order valence-electron chi connectivity index (χ2n) is 4.29. The van der Waals surface area contributed by atoms with Crippen LogP contribution in [0.5, 0.6) is 0 Å². The molecule has 1 rings (SSSR count). The maximum absolute atomic E-state index is 11.9. The van der Waals surface area contributed by atoms with Crippen molar-refractivity contribution in [3.63, 3.8) is 0 Å². The first kappa shape index (κ1) is 13.9. The third-order valence-corrected chi connectivity index (χ3v) is 3.14. The Morgan fingerprint density at radius 1 is 1.47 bits per heavy atom. The van der Waals surface area contributed by atoms with Crippen LogP contribution in [0.25, 0.3) is 0 Å². The van der Waals surface area contributed by atoms with Crippen LogP contribution in [0.2, 0.25) is 0 Å². The van der Waals surface area contributed by atoms with E-state index in [9.17, 15) is 4.79 Å². The van der Waals surface area contributed by atoms with Crippen molar-refractivity contribution in [1.82, 2.24) is 5.32 Å². The highest BCUT2D eigenvalue weighted by atomic mass is 32.2. The summed E-state index contributed by atoms with van der Waals surface area (Å²) in [7, 11) is 0. The van der Waals surface area contributed by atoms with Crippen LogP contribution in [0.15, 0.2) is 18.2 Å². The summed E-state index contributed by atoms with van der Waals surface area (Å²) < 4.78 is 0. The van der Waals surface area contributed by atoms with Crippen LogP contribution in [0.3, 0.4) is 0 Å². The maximum Gasteiger partial charge on any atom is 0.251 e. The van der Waals surface area contributed by atoms with Gasteiger partial charge in [-0.15, -0.1) is 0 Å². The lowest BCUT2D eigenvalue weighted by Gasteiger charge is -2.13. The van der Waals surface area contributed by atoms with E-state index >= 15 is 0 Å². The fourth-order valence-corrected chi connectivity index (χ4v) is 2.21. The molecule has 1 amide bonds. The Balaban J connectivity index is 2.63. The minimum Gasteiger partial charge on any atom is -0.399 e. The number of nitrogens with two attached hydrogens (primary N) is 1. The van der Waals surface area contributed by atoms with Crippen LogP contribution < -0.4 is 11.1 Å². The first-order valence-corrected chi connectivity index (χ1v) is 7.09. The van der Waals surface area contributed by atoms with Crippen LogP contribution in [0, 0.1) is 6.92 Å². The van der Waals surface area contributed by atoms with E-state index in [1.807, 2.05) is 26.0 Å². The largest absolute Gasteiger partial charge is 0.399 e. The van der Waals surface area contributed by atoms with Crippen molar-refractivity contribution < 1.29 is 4.79 Å². The normalized spacial score (nSPS) is 12.2. The number of thioether (sulfide) groups is 1. The molecule has 1 aromatic carbocycles. The average molecular weight is 252 g/mol. The van der Waals surface area contributed by atoms with Crippen molar-refractivity contribution in [2.24, 2.45) is 0 Å². The van der Waals surface area contributed by atoms with Gasteiger partial charge in [-0.25, -0.2) is 0 Å². The first-order chi connectivity index (χ1) is 8.02. The lowest BCUT2D eigenvalue weighted by molar-refractivity contribution is 0.0939. The standard InChI is InChI=1S/C13H20N2OS/c1-9-6-11(8-12(14)7-9)13(16)15-10(2)4-5-17-3/h6-8,10H,4-5,14H2,1-3H3,(H,15,16). The predicted molar refractivity (Wildman–Crippen MR) is 75.5 cm³/mol. The molecule has 0 aromatic heterocycles. The second kappa shape index (κ2) is 6.55. The number of nitrogens with one attached hydrogen (secondary N) is 1. The lowest BCUT2D eigenvalue weighted by Crippen LogP contribution is -2.33. The summed E-state index contributed by atoms with van der Waals surface area (Å²) in [4.78, 5) is 11.9. The molecule has 1 atom stereocenters. The molecule has 1 aromatic rings. The first-order valence-electron chi connectivity index (χ1n) is 5.70. The number of rotatable bonds is 5. The van der Waals surface area contributed by atoms with Crippen LogP contribution in [0.1, 0.15) is 29.3 Å². The molecule has 1 unspecified atom stereocenters. The van der Waals surface area contributed by atoms with Gasteiger partial charge in [0.25, 0.3) is 5.91 Å². The van der Waals surface area contributed by atoms with E-state index in [-0.39, 0.29) is 11.9 Å². The molecule has 0 fully saturated rings. The zero-order chi connectivity index (χ0) is 12.8. The Hall–Kier alpha value is -1.16. The molecule has 17 heavy (non-hydrogen) atoms. The molecule has 4 heteroatoms. The molecule has 0 aliphatic heterocycles. The zero-order valence-electron chi connectivity index (χ0n) is 10.6.